The van der Waals surface area contributed by atoms with E-state index in [1.165, 1.54) is 7.11 Å². The highest BCUT2D eigenvalue weighted by atomic mass is 32.2. The van der Waals surface area contributed by atoms with E-state index in [-0.39, 0.29) is 10.7 Å². The second-order valence-electron chi connectivity index (χ2n) is 4.70. The first-order valence-corrected chi connectivity index (χ1v) is 8.04. The van der Waals surface area contributed by atoms with Crippen molar-refractivity contribution in [2.75, 3.05) is 13.7 Å². The third-order valence-corrected chi connectivity index (χ3v) is 5.40. The number of hydrogen-bond acceptors (Lipinski definition) is 5. The van der Waals surface area contributed by atoms with Crippen LogP contribution in [0.2, 0.25) is 0 Å². The molecule has 1 atom stereocenters. The summed E-state index contributed by atoms with van der Waals surface area (Å²) in [6, 6.07) is 5.70. The number of benzene rings is 1. The number of ether oxygens (including phenoxy) is 2. The number of hydrogen-bond donors (Lipinski definition) is 0. The summed E-state index contributed by atoms with van der Waals surface area (Å²) in [5, 5.41) is 0. The Labute approximate surface area is 122 Å². The van der Waals surface area contributed by atoms with E-state index in [0.717, 1.165) is 22.8 Å². The molecule has 1 unspecified atom stereocenters. The van der Waals surface area contributed by atoms with Crippen LogP contribution in [-0.2, 0) is 9.47 Å². The first-order chi connectivity index (χ1) is 9.11. The van der Waals surface area contributed by atoms with Gasteiger partial charge in [0, 0.05) is 16.4 Å². The quantitative estimate of drug-likeness (QED) is 0.767. The molecule has 0 aliphatic carbocycles. The van der Waals surface area contributed by atoms with E-state index in [1.54, 1.807) is 29.6 Å². The third-order valence-electron chi connectivity index (χ3n) is 2.77. The number of carbonyl (C=O) groups is 1. The third kappa shape index (κ3) is 3.68. The maximum Gasteiger partial charge on any atom is 0.339 e. The van der Waals surface area contributed by atoms with Gasteiger partial charge in [0.1, 0.15) is 0 Å². The summed E-state index contributed by atoms with van der Waals surface area (Å²) < 4.78 is 10.7. The largest absolute Gasteiger partial charge is 0.465 e. The standard InChI is InChI=1S/C14H18O3S2/c1-9(2)7-8-17-14-18-11-6-4-5-10(12(11)19-14)13(15)16-3/h4-6,9,14H,7-8H2,1-3H3. The van der Waals surface area contributed by atoms with Crippen LogP contribution in [0.25, 0.3) is 0 Å². The van der Waals surface area contributed by atoms with Crippen LogP contribution in [0, 0.1) is 5.92 Å². The van der Waals surface area contributed by atoms with Gasteiger partial charge in [-0.05, 0) is 24.5 Å². The molecule has 2 rings (SSSR count). The van der Waals surface area contributed by atoms with Gasteiger partial charge in [-0.25, -0.2) is 4.79 Å². The van der Waals surface area contributed by atoms with Crippen LogP contribution in [0.15, 0.2) is 28.0 Å². The van der Waals surface area contributed by atoms with E-state index >= 15 is 0 Å². The number of esters is 1. The predicted octanol–water partition coefficient (Wildman–Crippen LogP) is 4.02. The summed E-state index contributed by atoms with van der Waals surface area (Å²) in [5.74, 6) is 0.359. The second-order valence-corrected chi connectivity index (χ2v) is 7.18. The molecule has 1 aliphatic rings. The lowest BCUT2D eigenvalue weighted by Gasteiger charge is -2.11. The van der Waals surface area contributed by atoms with E-state index in [2.05, 4.69) is 13.8 Å². The minimum atomic E-state index is -0.284. The fraction of sp³-hybridized carbons (Fsp3) is 0.500. The first-order valence-electron chi connectivity index (χ1n) is 6.28. The summed E-state index contributed by atoms with van der Waals surface area (Å²) in [7, 11) is 1.41. The molecule has 0 aromatic heterocycles. The molecule has 1 heterocycles. The first kappa shape index (κ1) is 14.8. The lowest BCUT2D eigenvalue weighted by Crippen LogP contribution is -2.05. The van der Waals surface area contributed by atoms with Crippen molar-refractivity contribution in [1.29, 1.82) is 0 Å². The molecule has 0 spiro atoms. The Morgan fingerprint density at radius 3 is 2.84 bits per heavy atom. The van der Waals surface area contributed by atoms with E-state index in [9.17, 15) is 4.79 Å². The van der Waals surface area contributed by atoms with Gasteiger partial charge in [-0.15, -0.1) is 0 Å². The highest BCUT2D eigenvalue weighted by molar-refractivity contribution is 8.19. The fourth-order valence-electron chi connectivity index (χ4n) is 1.69. The van der Waals surface area contributed by atoms with E-state index < -0.39 is 0 Å². The molecule has 0 radical (unpaired) electrons. The van der Waals surface area contributed by atoms with Crippen molar-refractivity contribution < 1.29 is 14.3 Å². The Bertz CT molecular complexity index is 460. The Balaban J connectivity index is 2.01. The van der Waals surface area contributed by atoms with Crippen molar-refractivity contribution in [3.05, 3.63) is 23.8 Å². The van der Waals surface area contributed by atoms with Crippen molar-refractivity contribution in [1.82, 2.24) is 0 Å². The molecular formula is C14H18O3S2. The second kappa shape index (κ2) is 6.68. The molecule has 0 amide bonds. The van der Waals surface area contributed by atoms with Crippen molar-refractivity contribution in [3.8, 4) is 0 Å². The smallest absolute Gasteiger partial charge is 0.339 e. The Kier molecular flexibility index (Phi) is 5.19. The molecule has 19 heavy (non-hydrogen) atoms. The van der Waals surface area contributed by atoms with Crippen LogP contribution >= 0.6 is 23.5 Å². The van der Waals surface area contributed by atoms with Crippen LogP contribution in [0.4, 0.5) is 0 Å². The van der Waals surface area contributed by atoms with Crippen LogP contribution in [0.3, 0.4) is 0 Å². The van der Waals surface area contributed by atoms with Gasteiger partial charge in [0.25, 0.3) is 0 Å². The minimum Gasteiger partial charge on any atom is -0.465 e. The predicted molar refractivity (Wildman–Crippen MR) is 78.7 cm³/mol. The van der Waals surface area contributed by atoms with E-state index in [0.29, 0.717) is 11.5 Å². The van der Waals surface area contributed by atoms with Crippen molar-refractivity contribution in [2.45, 2.75) is 34.8 Å². The van der Waals surface area contributed by atoms with Crippen molar-refractivity contribution in [3.63, 3.8) is 0 Å². The molecule has 0 N–H and O–H groups in total. The van der Waals surface area contributed by atoms with Gasteiger partial charge >= 0.3 is 5.97 Å². The number of fused-ring (bicyclic) bond motifs is 1. The zero-order chi connectivity index (χ0) is 13.8. The van der Waals surface area contributed by atoms with Gasteiger partial charge in [0.05, 0.1) is 12.7 Å². The average molecular weight is 298 g/mol. The van der Waals surface area contributed by atoms with Gasteiger partial charge in [0.2, 0.25) is 0 Å². The molecule has 1 aromatic carbocycles. The van der Waals surface area contributed by atoms with Gasteiger partial charge in [-0.2, -0.15) is 0 Å². The molecule has 0 bridgehead atoms. The average Bonchev–Trinajstić information content (AvgIpc) is 2.79. The lowest BCUT2D eigenvalue weighted by atomic mass is 10.1. The van der Waals surface area contributed by atoms with Gasteiger partial charge in [0.15, 0.2) is 4.77 Å². The maximum atomic E-state index is 11.7. The lowest BCUT2D eigenvalue weighted by molar-refractivity contribution is 0.0596. The monoisotopic (exact) mass is 298 g/mol. The molecule has 0 saturated carbocycles. The number of thioether (sulfide) groups is 2. The summed E-state index contributed by atoms with van der Waals surface area (Å²) in [6.45, 7) is 5.12. The van der Waals surface area contributed by atoms with Crippen LogP contribution < -0.4 is 0 Å². The van der Waals surface area contributed by atoms with Crippen molar-refractivity contribution in [2.24, 2.45) is 5.92 Å². The molecule has 5 heteroatoms. The zero-order valence-corrected chi connectivity index (χ0v) is 13.0. The SMILES string of the molecule is COC(=O)c1cccc2c1SC(OCCC(C)C)S2. The fourth-order valence-corrected chi connectivity index (χ4v) is 4.34. The zero-order valence-electron chi connectivity index (χ0n) is 11.3. The number of rotatable bonds is 5. The van der Waals surface area contributed by atoms with Crippen molar-refractivity contribution >= 4 is 29.5 Å². The van der Waals surface area contributed by atoms with E-state index in [1.807, 2.05) is 12.1 Å². The summed E-state index contributed by atoms with van der Waals surface area (Å²) >= 11 is 3.26. The van der Waals surface area contributed by atoms with Gasteiger partial charge < -0.3 is 9.47 Å². The molecule has 3 nitrogen and oxygen atoms in total. The molecular weight excluding hydrogens is 280 g/mol. The summed E-state index contributed by atoms with van der Waals surface area (Å²) in [6.07, 6.45) is 1.05. The van der Waals surface area contributed by atoms with E-state index in [4.69, 9.17) is 9.47 Å². The normalized spacial score (nSPS) is 17.6. The van der Waals surface area contributed by atoms with Gasteiger partial charge in [-0.3, -0.25) is 0 Å². The Morgan fingerprint density at radius 2 is 2.16 bits per heavy atom. The molecule has 0 saturated heterocycles. The Hall–Kier alpha value is -0.650. The molecule has 0 fully saturated rings. The highest BCUT2D eigenvalue weighted by Crippen LogP contribution is 2.49. The number of methoxy groups -OCH3 is 1. The minimum absolute atomic E-state index is 0.0413. The topological polar surface area (TPSA) is 35.5 Å². The highest BCUT2D eigenvalue weighted by Gasteiger charge is 2.28. The summed E-state index contributed by atoms with van der Waals surface area (Å²) in [4.78, 5) is 13.8. The van der Waals surface area contributed by atoms with Crippen LogP contribution in [0.5, 0.6) is 0 Å². The number of carbonyl (C=O) groups excluding carboxylic acids is 1. The molecule has 104 valence electrons. The Morgan fingerprint density at radius 1 is 1.37 bits per heavy atom. The maximum absolute atomic E-state index is 11.7. The summed E-state index contributed by atoms with van der Waals surface area (Å²) in [5.41, 5.74) is 0.632. The molecule has 1 aliphatic heterocycles. The molecule has 1 aromatic rings. The van der Waals surface area contributed by atoms with Crippen LogP contribution in [-0.4, -0.2) is 24.5 Å². The van der Waals surface area contributed by atoms with Gasteiger partial charge in [-0.1, -0.05) is 43.4 Å². The van der Waals surface area contributed by atoms with Crippen LogP contribution in [0.1, 0.15) is 30.6 Å².